The van der Waals surface area contributed by atoms with E-state index in [0.29, 0.717) is 33.7 Å². The van der Waals surface area contributed by atoms with Crippen LogP contribution in [0.5, 0.6) is 0 Å². The van der Waals surface area contributed by atoms with Crippen LogP contribution in [0.4, 0.5) is 14.5 Å². The van der Waals surface area contributed by atoms with Crippen molar-refractivity contribution < 1.29 is 18.3 Å². The molecule has 0 spiro atoms. The van der Waals surface area contributed by atoms with E-state index < -0.39 is 17.2 Å². The SMILES string of the molecule is CC1(C)OC(=C2C(=O)Nc3cc(F)ccc32)C=C1c1ccc(C#N)c(F)c1. The van der Waals surface area contributed by atoms with Crippen LogP contribution in [-0.4, -0.2) is 11.5 Å². The normalized spacial score (nSPS) is 19.8. The second kappa shape index (κ2) is 5.78. The number of fused-ring (bicyclic) bond motifs is 1. The molecule has 0 radical (unpaired) electrons. The fraction of sp³-hybridized carbons (Fsp3) is 0.143. The van der Waals surface area contributed by atoms with Crippen LogP contribution < -0.4 is 5.32 Å². The topological polar surface area (TPSA) is 62.1 Å². The Labute approximate surface area is 154 Å². The Morgan fingerprint density at radius 2 is 1.93 bits per heavy atom. The predicted molar refractivity (Wildman–Crippen MR) is 96.2 cm³/mol. The quantitative estimate of drug-likeness (QED) is 0.764. The van der Waals surface area contributed by atoms with Gasteiger partial charge in [-0.3, -0.25) is 4.79 Å². The maximum atomic E-state index is 14.0. The summed E-state index contributed by atoms with van der Waals surface area (Å²) in [5.74, 6) is -1.11. The first-order valence-corrected chi connectivity index (χ1v) is 8.27. The molecule has 0 saturated heterocycles. The molecule has 134 valence electrons. The average molecular weight is 364 g/mol. The monoisotopic (exact) mass is 364 g/mol. The standard InChI is InChI=1S/C21H14F2N2O2/c1-21(2)15(11-3-4-12(10-24)16(23)7-11)9-18(27-21)19-14-6-5-13(22)8-17(14)25-20(19)26/h3-9H,1-2H3,(H,25,26). The molecular weight excluding hydrogens is 350 g/mol. The molecule has 0 fully saturated rings. The molecule has 0 atom stereocenters. The van der Waals surface area contributed by atoms with E-state index in [1.807, 2.05) is 0 Å². The minimum Gasteiger partial charge on any atom is -0.482 e. The molecule has 2 aliphatic heterocycles. The minimum atomic E-state index is -0.813. The number of nitrogens with zero attached hydrogens (tertiary/aromatic N) is 1. The van der Waals surface area contributed by atoms with Crippen LogP contribution in [-0.2, 0) is 9.53 Å². The average Bonchev–Trinajstić information content (AvgIpc) is 3.09. The number of ether oxygens (including phenoxy) is 1. The maximum absolute atomic E-state index is 14.0. The van der Waals surface area contributed by atoms with E-state index in [1.165, 1.54) is 30.3 Å². The summed E-state index contributed by atoms with van der Waals surface area (Å²) in [4.78, 5) is 12.4. The van der Waals surface area contributed by atoms with Crippen LogP contribution in [0.1, 0.15) is 30.5 Å². The van der Waals surface area contributed by atoms with Gasteiger partial charge in [0, 0.05) is 11.1 Å². The third-order valence-electron chi connectivity index (χ3n) is 4.66. The number of allylic oxidation sites excluding steroid dienone is 1. The summed E-state index contributed by atoms with van der Waals surface area (Å²) in [5, 5.41) is 11.5. The van der Waals surface area contributed by atoms with Crippen molar-refractivity contribution in [1.82, 2.24) is 0 Å². The summed E-state index contributed by atoms with van der Waals surface area (Å²) in [6, 6.07) is 10.2. The molecule has 4 rings (SSSR count). The van der Waals surface area contributed by atoms with E-state index in [9.17, 15) is 13.6 Å². The summed E-state index contributed by atoms with van der Waals surface area (Å²) >= 11 is 0. The van der Waals surface area contributed by atoms with Gasteiger partial charge in [-0.05, 0) is 55.8 Å². The number of nitriles is 1. The highest BCUT2D eigenvalue weighted by molar-refractivity contribution is 6.32. The number of hydrogen-bond acceptors (Lipinski definition) is 3. The maximum Gasteiger partial charge on any atom is 0.260 e. The molecule has 0 aliphatic carbocycles. The Bertz CT molecular complexity index is 1110. The van der Waals surface area contributed by atoms with Gasteiger partial charge in [-0.2, -0.15) is 5.26 Å². The molecule has 0 aromatic heterocycles. The summed E-state index contributed by atoms with van der Waals surface area (Å²) in [6.07, 6.45) is 1.69. The summed E-state index contributed by atoms with van der Waals surface area (Å²) in [7, 11) is 0. The lowest BCUT2D eigenvalue weighted by Gasteiger charge is -2.23. The van der Waals surface area contributed by atoms with E-state index in [4.69, 9.17) is 10.00 Å². The Morgan fingerprint density at radius 1 is 1.15 bits per heavy atom. The largest absolute Gasteiger partial charge is 0.482 e. The molecule has 1 amide bonds. The highest BCUT2D eigenvalue weighted by Gasteiger charge is 2.38. The molecular formula is C21H14F2N2O2. The highest BCUT2D eigenvalue weighted by atomic mass is 19.1. The van der Waals surface area contributed by atoms with Crippen LogP contribution in [0, 0.1) is 23.0 Å². The minimum absolute atomic E-state index is 0.0409. The van der Waals surface area contributed by atoms with Gasteiger partial charge in [0.15, 0.2) is 0 Å². The molecule has 0 unspecified atom stereocenters. The van der Waals surface area contributed by atoms with E-state index in [-0.39, 0.29) is 11.5 Å². The first-order chi connectivity index (χ1) is 12.8. The van der Waals surface area contributed by atoms with Gasteiger partial charge >= 0.3 is 0 Å². The number of carbonyl (C=O) groups excluding carboxylic acids is 1. The number of rotatable bonds is 1. The van der Waals surface area contributed by atoms with Gasteiger partial charge in [0.05, 0.1) is 16.8 Å². The fourth-order valence-electron chi connectivity index (χ4n) is 3.38. The van der Waals surface area contributed by atoms with Gasteiger partial charge in [-0.25, -0.2) is 8.78 Å². The summed E-state index contributed by atoms with van der Waals surface area (Å²) < 4.78 is 33.5. The summed E-state index contributed by atoms with van der Waals surface area (Å²) in [5.41, 5.74) is 1.63. The molecule has 4 nitrogen and oxygen atoms in total. The third-order valence-corrected chi connectivity index (χ3v) is 4.66. The molecule has 0 bridgehead atoms. The zero-order valence-electron chi connectivity index (χ0n) is 14.6. The molecule has 2 heterocycles. The van der Waals surface area contributed by atoms with Crippen LogP contribution in [0.2, 0.25) is 0 Å². The van der Waals surface area contributed by atoms with E-state index in [0.717, 1.165) is 0 Å². The van der Waals surface area contributed by atoms with Gasteiger partial charge in [0.2, 0.25) is 0 Å². The number of nitrogens with one attached hydrogen (secondary N) is 1. The Balaban J connectivity index is 1.86. The van der Waals surface area contributed by atoms with Gasteiger partial charge in [-0.1, -0.05) is 6.07 Å². The Kier molecular flexibility index (Phi) is 3.63. The van der Waals surface area contributed by atoms with Crippen LogP contribution >= 0.6 is 0 Å². The second-order valence-corrected chi connectivity index (χ2v) is 6.86. The van der Waals surface area contributed by atoms with Crippen molar-refractivity contribution in [2.45, 2.75) is 19.4 Å². The molecule has 2 aliphatic rings. The molecule has 1 N–H and O–H groups in total. The molecule has 2 aromatic rings. The molecule has 6 heteroatoms. The van der Waals surface area contributed by atoms with Gasteiger partial charge in [0.1, 0.15) is 29.1 Å². The zero-order valence-corrected chi connectivity index (χ0v) is 14.6. The second-order valence-electron chi connectivity index (χ2n) is 6.86. The van der Waals surface area contributed by atoms with E-state index in [1.54, 1.807) is 32.1 Å². The van der Waals surface area contributed by atoms with Crippen molar-refractivity contribution in [3.63, 3.8) is 0 Å². The number of carbonyl (C=O) groups is 1. The van der Waals surface area contributed by atoms with Crippen molar-refractivity contribution in [2.24, 2.45) is 0 Å². The predicted octanol–water partition coefficient (Wildman–Crippen LogP) is 4.39. The van der Waals surface area contributed by atoms with Crippen molar-refractivity contribution >= 4 is 22.7 Å². The van der Waals surface area contributed by atoms with Gasteiger partial charge in [-0.15, -0.1) is 0 Å². The number of amides is 1. The smallest absolute Gasteiger partial charge is 0.260 e. The molecule has 27 heavy (non-hydrogen) atoms. The number of benzene rings is 2. The third kappa shape index (κ3) is 2.68. The lowest BCUT2D eigenvalue weighted by molar-refractivity contribution is -0.111. The number of halogens is 2. The lowest BCUT2D eigenvalue weighted by atomic mass is 9.91. The van der Waals surface area contributed by atoms with Crippen LogP contribution in [0.15, 0.2) is 48.2 Å². The Morgan fingerprint density at radius 3 is 2.63 bits per heavy atom. The highest BCUT2D eigenvalue weighted by Crippen LogP contribution is 2.44. The molecule has 2 aromatic carbocycles. The summed E-state index contributed by atoms with van der Waals surface area (Å²) in [6.45, 7) is 3.61. The van der Waals surface area contributed by atoms with Crippen molar-refractivity contribution in [1.29, 1.82) is 5.26 Å². The first kappa shape index (κ1) is 17.0. The van der Waals surface area contributed by atoms with Crippen LogP contribution in [0.25, 0.3) is 11.1 Å². The van der Waals surface area contributed by atoms with Crippen molar-refractivity contribution in [3.05, 3.63) is 76.6 Å². The van der Waals surface area contributed by atoms with Crippen molar-refractivity contribution in [3.8, 4) is 6.07 Å². The molecule has 0 saturated carbocycles. The van der Waals surface area contributed by atoms with E-state index >= 15 is 0 Å². The number of anilines is 1. The fourth-order valence-corrected chi connectivity index (χ4v) is 3.38. The lowest BCUT2D eigenvalue weighted by Crippen LogP contribution is -2.21. The van der Waals surface area contributed by atoms with Gasteiger partial charge < -0.3 is 10.1 Å². The number of hydrogen-bond donors (Lipinski definition) is 1. The first-order valence-electron chi connectivity index (χ1n) is 8.27. The Hall–Kier alpha value is -3.46. The van der Waals surface area contributed by atoms with Gasteiger partial charge in [0.25, 0.3) is 5.91 Å². The van der Waals surface area contributed by atoms with Crippen molar-refractivity contribution in [2.75, 3.05) is 5.32 Å². The van der Waals surface area contributed by atoms with Crippen LogP contribution in [0.3, 0.4) is 0 Å². The van der Waals surface area contributed by atoms with E-state index in [2.05, 4.69) is 5.32 Å². The zero-order chi connectivity index (χ0) is 19.3.